The SMILES string of the molecule is CCNC(=NCC(C)Sc1ccc(Br)cc1)NC1CCC(=O)N(C)C1.I. The van der Waals surface area contributed by atoms with E-state index < -0.39 is 0 Å². The number of amides is 1. The summed E-state index contributed by atoms with van der Waals surface area (Å²) in [5.41, 5.74) is 0. The third-order valence-electron chi connectivity index (χ3n) is 3.97. The molecule has 8 heteroatoms. The van der Waals surface area contributed by atoms with Crippen LogP contribution in [-0.4, -0.2) is 54.7 Å². The zero-order valence-corrected chi connectivity index (χ0v) is 20.2. The average molecular weight is 555 g/mol. The average Bonchev–Trinajstić information content (AvgIpc) is 2.58. The number of rotatable bonds is 6. The molecule has 0 radical (unpaired) electrons. The van der Waals surface area contributed by atoms with Crippen LogP contribution in [0.15, 0.2) is 38.6 Å². The summed E-state index contributed by atoms with van der Waals surface area (Å²) in [6.45, 7) is 6.53. The number of nitrogens with one attached hydrogen (secondary N) is 2. The number of thioether (sulfide) groups is 1. The summed E-state index contributed by atoms with van der Waals surface area (Å²) in [5, 5.41) is 7.15. The fourth-order valence-corrected chi connectivity index (χ4v) is 3.82. The molecule has 146 valence electrons. The van der Waals surface area contributed by atoms with Crippen molar-refractivity contribution in [2.24, 2.45) is 4.99 Å². The minimum atomic E-state index is 0. The highest BCUT2D eigenvalue weighted by Crippen LogP contribution is 2.24. The molecule has 0 spiro atoms. The second-order valence-corrected chi connectivity index (χ2v) is 8.68. The van der Waals surface area contributed by atoms with E-state index in [1.807, 2.05) is 18.8 Å². The summed E-state index contributed by atoms with van der Waals surface area (Å²) < 4.78 is 1.09. The van der Waals surface area contributed by atoms with E-state index >= 15 is 0 Å². The summed E-state index contributed by atoms with van der Waals surface area (Å²) in [5.74, 6) is 1.05. The zero-order valence-electron chi connectivity index (χ0n) is 15.5. The molecule has 1 saturated heterocycles. The van der Waals surface area contributed by atoms with Crippen molar-refractivity contribution < 1.29 is 4.79 Å². The first-order valence-electron chi connectivity index (χ1n) is 8.69. The van der Waals surface area contributed by atoms with Crippen molar-refractivity contribution in [1.82, 2.24) is 15.5 Å². The Morgan fingerprint density at radius 2 is 2.12 bits per heavy atom. The van der Waals surface area contributed by atoms with Gasteiger partial charge in [-0.3, -0.25) is 9.79 Å². The molecule has 2 rings (SSSR count). The van der Waals surface area contributed by atoms with Crippen LogP contribution in [-0.2, 0) is 4.79 Å². The van der Waals surface area contributed by atoms with Crippen LogP contribution in [0.2, 0.25) is 0 Å². The molecule has 1 heterocycles. The second kappa shape index (κ2) is 12.1. The van der Waals surface area contributed by atoms with Gasteiger partial charge in [-0.15, -0.1) is 35.7 Å². The van der Waals surface area contributed by atoms with Gasteiger partial charge in [0.1, 0.15) is 0 Å². The van der Waals surface area contributed by atoms with Gasteiger partial charge in [0.25, 0.3) is 0 Å². The van der Waals surface area contributed by atoms with E-state index in [-0.39, 0.29) is 35.9 Å². The number of likely N-dealkylation sites (N-methyl/N-ethyl adjacent to an activating group) is 1. The summed E-state index contributed by atoms with van der Waals surface area (Å²) in [6, 6.07) is 8.62. The Balaban J connectivity index is 0.00000338. The molecule has 0 saturated carbocycles. The lowest BCUT2D eigenvalue weighted by molar-refractivity contribution is -0.132. The van der Waals surface area contributed by atoms with Crippen LogP contribution in [0, 0.1) is 0 Å². The highest BCUT2D eigenvalue weighted by atomic mass is 127. The second-order valence-electron chi connectivity index (χ2n) is 6.26. The lowest BCUT2D eigenvalue weighted by Crippen LogP contribution is -2.51. The quantitative estimate of drug-likeness (QED) is 0.243. The number of nitrogens with zero attached hydrogens (tertiary/aromatic N) is 2. The number of benzene rings is 1. The van der Waals surface area contributed by atoms with E-state index in [0.29, 0.717) is 11.7 Å². The van der Waals surface area contributed by atoms with E-state index in [0.717, 1.165) is 36.5 Å². The molecule has 0 bridgehead atoms. The Labute approximate surface area is 186 Å². The van der Waals surface area contributed by atoms with Crippen LogP contribution >= 0.6 is 51.7 Å². The molecular formula is C18H28BrIN4OS. The normalized spacial score (nSPS) is 18.9. The molecule has 1 fully saturated rings. The van der Waals surface area contributed by atoms with Gasteiger partial charge in [-0.1, -0.05) is 22.9 Å². The van der Waals surface area contributed by atoms with Crippen molar-refractivity contribution in [3.63, 3.8) is 0 Å². The molecular weight excluding hydrogens is 527 g/mol. The van der Waals surface area contributed by atoms with E-state index in [1.54, 1.807) is 4.90 Å². The molecule has 5 nitrogen and oxygen atoms in total. The Bertz CT molecular complexity index is 599. The molecule has 2 unspecified atom stereocenters. The third-order valence-corrected chi connectivity index (χ3v) is 5.59. The number of hydrogen-bond acceptors (Lipinski definition) is 3. The lowest BCUT2D eigenvalue weighted by Gasteiger charge is -2.31. The Morgan fingerprint density at radius 1 is 1.42 bits per heavy atom. The van der Waals surface area contributed by atoms with Crippen LogP contribution in [0.3, 0.4) is 0 Å². The van der Waals surface area contributed by atoms with Crippen LogP contribution in [0.1, 0.15) is 26.7 Å². The van der Waals surface area contributed by atoms with E-state index in [2.05, 4.69) is 64.7 Å². The van der Waals surface area contributed by atoms with Crippen LogP contribution < -0.4 is 10.6 Å². The predicted molar refractivity (Wildman–Crippen MR) is 125 cm³/mol. The molecule has 2 N–H and O–H groups in total. The molecule has 1 amide bonds. The summed E-state index contributed by atoms with van der Waals surface area (Å²) in [6.07, 6.45) is 1.46. The molecule has 1 aliphatic heterocycles. The van der Waals surface area contributed by atoms with E-state index in [1.165, 1.54) is 4.90 Å². The predicted octanol–water partition coefficient (Wildman–Crippen LogP) is 3.72. The molecule has 1 aliphatic rings. The minimum Gasteiger partial charge on any atom is -0.357 e. The highest BCUT2D eigenvalue weighted by Gasteiger charge is 2.23. The Morgan fingerprint density at radius 3 is 2.73 bits per heavy atom. The highest BCUT2D eigenvalue weighted by molar-refractivity contribution is 14.0. The summed E-state index contributed by atoms with van der Waals surface area (Å²) >= 11 is 5.28. The van der Waals surface area contributed by atoms with E-state index in [4.69, 9.17) is 4.99 Å². The fraction of sp³-hybridized carbons (Fsp3) is 0.556. The maximum absolute atomic E-state index is 11.6. The summed E-state index contributed by atoms with van der Waals surface area (Å²) in [7, 11) is 1.86. The summed E-state index contributed by atoms with van der Waals surface area (Å²) in [4.78, 5) is 19.4. The smallest absolute Gasteiger partial charge is 0.222 e. The Hall–Kier alpha value is -0.480. The lowest BCUT2D eigenvalue weighted by atomic mass is 10.1. The fourth-order valence-electron chi connectivity index (χ4n) is 2.65. The number of guanidine groups is 1. The molecule has 1 aromatic carbocycles. The number of piperidine rings is 1. The van der Waals surface area contributed by atoms with Gasteiger partial charge in [0.2, 0.25) is 5.91 Å². The minimum absolute atomic E-state index is 0. The third kappa shape index (κ3) is 8.04. The van der Waals surface area contributed by atoms with Crippen molar-refractivity contribution in [2.75, 3.05) is 26.7 Å². The molecule has 2 atom stereocenters. The van der Waals surface area contributed by atoms with Gasteiger partial charge in [0.15, 0.2) is 5.96 Å². The topological polar surface area (TPSA) is 56.7 Å². The molecule has 0 aliphatic carbocycles. The molecule has 0 aromatic heterocycles. The van der Waals surface area contributed by atoms with Gasteiger partial charge >= 0.3 is 0 Å². The first-order chi connectivity index (χ1) is 12.0. The van der Waals surface area contributed by atoms with Gasteiger partial charge in [-0.2, -0.15) is 0 Å². The van der Waals surface area contributed by atoms with Gasteiger partial charge < -0.3 is 15.5 Å². The first kappa shape index (κ1) is 23.6. The number of hydrogen-bond donors (Lipinski definition) is 2. The van der Waals surface area contributed by atoms with Gasteiger partial charge in [-0.05, 0) is 37.6 Å². The maximum Gasteiger partial charge on any atom is 0.222 e. The van der Waals surface area contributed by atoms with Crippen molar-refractivity contribution >= 4 is 63.5 Å². The van der Waals surface area contributed by atoms with Gasteiger partial charge in [-0.25, -0.2) is 0 Å². The van der Waals surface area contributed by atoms with Crippen LogP contribution in [0.5, 0.6) is 0 Å². The van der Waals surface area contributed by atoms with E-state index in [9.17, 15) is 4.79 Å². The van der Waals surface area contributed by atoms with Crippen molar-refractivity contribution in [3.8, 4) is 0 Å². The van der Waals surface area contributed by atoms with Crippen molar-refractivity contribution in [2.45, 2.75) is 42.9 Å². The number of carbonyl (C=O) groups is 1. The molecule has 26 heavy (non-hydrogen) atoms. The Kier molecular flexibility index (Phi) is 10.9. The standard InChI is InChI=1S/C18H27BrN4OS.HI/c1-4-20-18(22-15-7-10-17(24)23(3)12-15)21-11-13(2)25-16-8-5-14(19)6-9-16;/h5-6,8-9,13,15H,4,7,10-12H2,1-3H3,(H2,20,21,22);1H. The van der Waals surface area contributed by atoms with Crippen LogP contribution in [0.25, 0.3) is 0 Å². The first-order valence-corrected chi connectivity index (χ1v) is 10.4. The van der Waals surface area contributed by atoms with Crippen LogP contribution in [0.4, 0.5) is 0 Å². The zero-order chi connectivity index (χ0) is 18.2. The number of aliphatic imine (C=N–C) groups is 1. The molecule has 1 aromatic rings. The number of halogens is 2. The number of likely N-dealkylation sites (tertiary alicyclic amines) is 1. The van der Waals surface area contributed by atoms with Crippen molar-refractivity contribution in [1.29, 1.82) is 0 Å². The van der Waals surface area contributed by atoms with Gasteiger partial charge in [0, 0.05) is 47.2 Å². The van der Waals surface area contributed by atoms with Crippen molar-refractivity contribution in [3.05, 3.63) is 28.7 Å². The maximum atomic E-state index is 11.6. The monoisotopic (exact) mass is 554 g/mol. The van der Waals surface area contributed by atoms with Gasteiger partial charge in [0.05, 0.1) is 6.54 Å². The number of carbonyl (C=O) groups excluding carboxylic acids is 1. The largest absolute Gasteiger partial charge is 0.357 e.